The molecule has 0 N–H and O–H groups in total. The first-order valence-electron chi connectivity index (χ1n) is 13.8. The second-order valence-corrected chi connectivity index (χ2v) is 12.1. The van der Waals surface area contributed by atoms with Crippen LogP contribution in [0, 0.1) is 15.5 Å². The van der Waals surface area contributed by atoms with Crippen molar-refractivity contribution in [3.63, 3.8) is 0 Å². The van der Waals surface area contributed by atoms with Crippen molar-refractivity contribution < 1.29 is 33.5 Å². The second kappa shape index (κ2) is 9.39. The fourth-order valence-electron chi connectivity index (χ4n) is 6.71. The summed E-state index contributed by atoms with van der Waals surface area (Å²) in [6.45, 7) is 5.16. The Labute approximate surface area is 236 Å². The molecule has 41 heavy (non-hydrogen) atoms. The molecule has 11 heteroatoms. The third kappa shape index (κ3) is 4.17. The number of carbonyl (C=O) groups excluding carboxylic acids is 3. The Morgan fingerprint density at radius 3 is 2.27 bits per heavy atom. The number of benzene rings is 2. The normalized spacial score (nSPS) is 25.7. The summed E-state index contributed by atoms with van der Waals surface area (Å²) < 4.78 is 18.0. The van der Waals surface area contributed by atoms with Crippen LogP contribution in [-0.2, 0) is 28.6 Å². The van der Waals surface area contributed by atoms with Crippen molar-refractivity contribution in [3.05, 3.63) is 75.3 Å². The van der Waals surface area contributed by atoms with Gasteiger partial charge in [0.15, 0.2) is 6.04 Å². The predicted octanol–water partition coefficient (Wildman–Crippen LogP) is 4.54. The SMILES string of the molecule is CC(C)(C)OC(=O)[C@H]1[C@H](c2ccc([N+](=O)[O-])cc2)C2(C(=O)OC3(CCCCC3)OC2=O)C2c3ccccc3C=NN21. The number of ether oxygens (including phenoxy) is 3. The van der Waals surface area contributed by atoms with Gasteiger partial charge in [-0.2, -0.15) is 5.10 Å². The van der Waals surface area contributed by atoms with Crippen LogP contribution >= 0.6 is 0 Å². The highest BCUT2D eigenvalue weighted by Crippen LogP contribution is 2.63. The maximum atomic E-state index is 14.5. The van der Waals surface area contributed by atoms with Crippen LogP contribution in [0.15, 0.2) is 53.6 Å². The Balaban J connectivity index is 1.59. The maximum Gasteiger partial charge on any atom is 0.331 e. The smallest absolute Gasteiger partial charge is 0.331 e. The minimum atomic E-state index is -2.05. The molecular formula is C30H31N3O8. The molecule has 2 aromatic rings. The highest BCUT2D eigenvalue weighted by molar-refractivity contribution is 6.06. The minimum absolute atomic E-state index is 0.175. The molecule has 1 saturated carbocycles. The van der Waals surface area contributed by atoms with Gasteiger partial charge in [-0.25, -0.2) is 4.79 Å². The van der Waals surface area contributed by atoms with Gasteiger partial charge in [0.05, 0.1) is 11.1 Å². The molecule has 11 nitrogen and oxygen atoms in total. The quantitative estimate of drug-likeness (QED) is 0.229. The van der Waals surface area contributed by atoms with E-state index < -0.39 is 57.6 Å². The predicted molar refractivity (Wildman–Crippen MR) is 145 cm³/mol. The van der Waals surface area contributed by atoms with Gasteiger partial charge in [-0.3, -0.25) is 24.7 Å². The highest BCUT2D eigenvalue weighted by Gasteiger charge is 2.76. The number of hydrogen-bond acceptors (Lipinski definition) is 10. The zero-order valence-corrected chi connectivity index (χ0v) is 23.1. The number of fused-ring (bicyclic) bond motifs is 4. The number of hydrazone groups is 1. The van der Waals surface area contributed by atoms with E-state index in [0.717, 1.165) is 19.3 Å². The van der Waals surface area contributed by atoms with Crippen LogP contribution in [0.25, 0.3) is 0 Å². The second-order valence-electron chi connectivity index (χ2n) is 12.1. The molecular weight excluding hydrogens is 530 g/mol. The summed E-state index contributed by atoms with van der Waals surface area (Å²) in [5.41, 5.74) is -1.48. The summed E-state index contributed by atoms with van der Waals surface area (Å²) in [6.07, 6.45) is 4.78. The van der Waals surface area contributed by atoms with Crippen LogP contribution in [0.2, 0.25) is 0 Å². The molecule has 1 aliphatic carbocycles. The number of nitro benzene ring substituents is 1. The first kappa shape index (κ1) is 26.9. The Bertz CT molecular complexity index is 1430. The minimum Gasteiger partial charge on any atom is -0.458 e. The van der Waals surface area contributed by atoms with Crippen LogP contribution in [0.3, 0.4) is 0 Å². The van der Waals surface area contributed by atoms with Gasteiger partial charge in [0.25, 0.3) is 11.5 Å². The van der Waals surface area contributed by atoms with Crippen molar-refractivity contribution in [2.24, 2.45) is 10.5 Å². The molecule has 0 bridgehead atoms. The third-order valence-corrected chi connectivity index (χ3v) is 8.37. The van der Waals surface area contributed by atoms with Gasteiger partial charge in [0.2, 0.25) is 5.41 Å². The van der Waals surface area contributed by atoms with Crippen molar-refractivity contribution in [2.45, 2.75) is 82.3 Å². The van der Waals surface area contributed by atoms with E-state index in [0.29, 0.717) is 29.5 Å². The van der Waals surface area contributed by atoms with Gasteiger partial charge >= 0.3 is 17.9 Å². The van der Waals surface area contributed by atoms with Crippen molar-refractivity contribution in [3.8, 4) is 0 Å². The molecule has 1 unspecified atom stereocenters. The van der Waals surface area contributed by atoms with Crippen molar-refractivity contribution in [1.82, 2.24) is 5.01 Å². The Kier molecular flexibility index (Phi) is 6.16. The molecule has 3 fully saturated rings. The van der Waals surface area contributed by atoms with E-state index in [-0.39, 0.29) is 5.69 Å². The number of nitrogens with zero attached hydrogens (tertiary/aromatic N) is 3. The van der Waals surface area contributed by atoms with E-state index in [1.54, 1.807) is 39.1 Å². The molecule has 3 heterocycles. The van der Waals surface area contributed by atoms with E-state index in [1.807, 2.05) is 12.1 Å². The van der Waals surface area contributed by atoms with Gasteiger partial charge in [-0.05, 0) is 50.3 Å². The summed E-state index contributed by atoms with van der Waals surface area (Å²) >= 11 is 0. The number of non-ortho nitro benzene ring substituents is 1. The molecule has 0 amide bonds. The van der Waals surface area contributed by atoms with Gasteiger partial charge in [0, 0.05) is 30.9 Å². The monoisotopic (exact) mass is 561 g/mol. The Hall–Kier alpha value is -4.28. The fraction of sp³-hybridized carbons (Fsp3) is 0.467. The van der Waals surface area contributed by atoms with Gasteiger partial charge in [0.1, 0.15) is 11.6 Å². The van der Waals surface area contributed by atoms with Crippen molar-refractivity contribution in [2.75, 3.05) is 0 Å². The van der Waals surface area contributed by atoms with E-state index in [4.69, 9.17) is 14.2 Å². The molecule has 4 aliphatic rings. The molecule has 3 atom stereocenters. The van der Waals surface area contributed by atoms with E-state index >= 15 is 0 Å². The molecule has 2 saturated heterocycles. The van der Waals surface area contributed by atoms with E-state index in [9.17, 15) is 24.5 Å². The zero-order chi connectivity index (χ0) is 29.2. The molecule has 0 aromatic heterocycles. The molecule has 2 spiro atoms. The molecule has 2 aromatic carbocycles. The molecule has 6 rings (SSSR count). The molecule has 0 radical (unpaired) electrons. The third-order valence-electron chi connectivity index (χ3n) is 8.37. The van der Waals surface area contributed by atoms with Crippen LogP contribution in [0.1, 0.15) is 81.5 Å². The van der Waals surface area contributed by atoms with Crippen molar-refractivity contribution >= 4 is 29.8 Å². The summed E-state index contributed by atoms with van der Waals surface area (Å²) in [4.78, 5) is 53.9. The fourth-order valence-corrected chi connectivity index (χ4v) is 6.71. The number of hydrogen-bond donors (Lipinski definition) is 0. The average molecular weight is 562 g/mol. The summed E-state index contributed by atoms with van der Waals surface area (Å²) in [5, 5.41) is 17.5. The number of carbonyl (C=O) groups is 3. The standard InChI is InChI=1S/C30H31N3O8/c1-28(2,3)39-25(34)23-22(18-11-13-20(14-12-18)33(37)38)30(24-21-10-6-5-9-19(21)17-31-32(23)24)26(35)40-29(41-27(30)36)15-7-4-8-16-29/h5-6,9-14,17,22-24H,4,7-8,15-16H2,1-3H3/t22-,23+,24?/m0/s1. The largest absolute Gasteiger partial charge is 0.458 e. The van der Waals surface area contributed by atoms with E-state index in [1.165, 1.54) is 29.3 Å². The summed E-state index contributed by atoms with van der Waals surface area (Å²) in [7, 11) is 0. The van der Waals surface area contributed by atoms with Gasteiger partial charge in [-0.1, -0.05) is 42.8 Å². The lowest BCUT2D eigenvalue weighted by molar-refractivity contribution is -0.384. The first-order valence-corrected chi connectivity index (χ1v) is 13.8. The maximum absolute atomic E-state index is 14.5. The number of esters is 3. The molecule has 214 valence electrons. The van der Waals surface area contributed by atoms with Crippen LogP contribution in [0.5, 0.6) is 0 Å². The highest BCUT2D eigenvalue weighted by atomic mass is 16.7. The average Bonchev–Trinajstić information content (AvgIpc) is 3.24. The molecule has 3 aliphatic heterocycles. The number of rotatable bonds is 3. The van der Waals surface area contributed by atoms with Crippen LogP contribution < -0.4 is 0 Å². The lowest BCUT2D eigenvalue weighted by Gasteiger charge is -2.47. The van der Waals surface area contributed by atoms with Gasteiger partial charge in [-0.15, -0.1) is 0 Å². The number of nitro groups is 1. The first-order chi connectivity index (χ1) is 19.5. The zero-order valence-electron chi connectivity index (χ0n) is 23.1. The lowest BCUT2D eigenvalue weighted by atomic mass is 9.65. The van der Waals surface area contributed by atoms with Gasteiger partial charge < -0.3 is 14.2 Å². The summed E-state index contributed by atoms with van der Waals surface area (Å²) in [6, 6.07) is 10.4. The Morgan fingerprint density at radius 2 is 1.66 bits per heavy atom. The lowest BCUT2D eigenvalue weighted by Crippen LogP contribution is -2.60. The van der Waals surface area contributed by atoms with Crippen molar-refractivity contribution in [1.29, 1.82) is 0 Å². The van der Waals surface area contributed by atoms with E-state index in [2.05, 4.69) is 5.10 Å². The van der Waals surface area contributed by atoms with Crippen LogP contribution in [0.4, 0.5) is 5.69 Å². The topological polar surface area (TPSA) is 138 Å². The summed E-state index contributed by atoms with van der Waals surface area (Å²) in [5.74, 6) is -4.84. The Morgan fingerprint density at radius 1 is 1.02 bits per heavy atom. The van der Waals surface area contributed by atoms with Crippen LogP contribution in [-0.4, -0.2) is 51.5 Å².